The summed E-state index contributed by atoms with van der Waals surface area (Å²) >= 11 is 2.12. The van der Waals surface area contributed by atoms with E-state index in [0.717, 1.165) is 23.0 Å². The van der Waals surface area contributed by atoms with Gasteiger partial charge in [0.2, 0.25) is 10.0 Å². The number of hydrogen-bond acceptors (Lipinski definition) is 3. The van der Waals surface area contributed by atoms with Crippen molar-refractivity contribution in [1.82, 2.24) is 10.0 Å². The molecule has 0 aromatic heterocycles. The van der Waals surface area contributed by atoms with Gasteiger partial charge >= 0.3 is 0 Å². The molecule has 2 rings (SSSR count). The first kappa shape index (κ1) is 14.2. The maximum atomic E-state index is 12.2. The van der Waals surface area contributed by atoms with Crippen LogP contribution < -0.4 is 10.0 Å². The molecule has 1 saturated heterocycles. The van der Waals surface area contributed by atoms with Crippen LogP contribution in [0.2, 0.25) is 0 Å². The molecule has 1 heterocycles. The lowest BCUT2D eigenvalue weighted by Gasteiger charge is -2.28. The van der Waals surface area contributed by atoms with E-state index in [9.17, 15) is 8.42 Å². The Kier molecular flexibility index (Phi) is 4.63. The van der Waals surface area contributed by atoms with Crippen molar-refractivity contribution in [3.8, 4) is 0 Å². The van der Waals surface area contributed by atoms with Crippen LogP contribution in [0.1, 0.15) is 19.8 Å². The molecule has 4 nitrogen and oxygen atoms in total. The Hall–Kier alpha value is -0.180. The van der Waals surface area contributed by atoms with Crippen LogP contribution in [0.25, 0.3) is 0 Å². The largest absolute Gasteiger partial charge is 0.314 e. The number of rotatable bonds is 3. The molecular formula is C12H17IN2O2S. The van der Waals surface area contributed by atoms with Crippen molar-refractivity contribution >= 4 is 32.6 Å². The quantitative estimate of drug-likeness (QED) is 0.786. The molecule has 1 aliphatic heterocycles. The average molecular weight is 380 g/mol. The normalized spacial score (nSPS) is 25.0. The van der Waals surface area contributed by atoms with E-state index in [-0.39, 0.29) is 6.04 Å². The molecule has 2 N–H and O–H groups in total. The molecule has 1 fully saturated rings. The molecular weight excluding hydrogens is 363 g/mol. The molecule has 100 valence electrons. The van der Waals surface area contributed by atoms with Crippen molar-refractivity contribution < 1.29 is 8.42 Å². The fraction of sp³-hybridized carbons (Fsp3) is 0.500. The number of benzene rings is 1. The van der Waals surface area contributed by atoms with E-state index < -0.39 is 10.0 Å². The standard InChI is InChI=1S/C12H17IN2O2S/c1-9-7-11(5-6-14-9)15-18(16,17)12-4-2-3-10(13)8-12/h2-4,8-9,11,14-15H,5-7H2,1H3. The maximum absolute atomic E-state index is 12.2. The molecule has 1 aromatic rings. The number of halogens is 1. The first-order valence-electron chi connectivity index (χ1n) is 5.98. The summed E-state index contributed by atoms with van der Waals surface area (Å²) in [4.78, 5) is 0.348. The lowest BCUT2D eigenvalue weighted by molar-refractivity contribution is 0.361. The summed E-state index contributed by atoms with van der Waals surface area (Å²) in [6.07, 6.45) is 1.68. The van der Waals surface area contributed by atoms with Gasteiger partial charge in [-0.1, -0.05) is 6.07 Å². The van der Waals surface area contributed by atoms with Crippen LogP contribution in [0.4, 0.5) is 0 Å². The summed E-state index contributed by atoms with van der Waals surface area (Å²) in [5, 5.41) is 3.31. The monoisotopic (exact) mass is 380 g/mol. The molecule has 18 heavy (non-hydrogen) atoms. The first-order chi connectivity index (χ1) is 8.47. The summed E-state index contributed by atoms with van der Waals surface area (Å²) in [6, 6.07) is 7.36. The van der Waals surface area contributed by atoms with Crippen LogP contribution >= 0.6 is 22.6 Å². The van der Waals surface area contributed by atoms with E-state index in [1.54, 1.807) is 18.2 Å². The summed E-state index contributed by atoms with van der Waals surface area (Å²) < 4.78 is 28.2. The zero-order valence-electron chi connectivity index (χ0n) is 10.2. The molecule has 2 unspecified atom stereocenters. The van der Waals surface area contributed by atoms with Gasteiger partial charge in [0, 0.05) is 15.7 Å². The summed E-state index contributed by atoms with van der Waals surface area (Å²) in [6.45, 7) is 2.94. The third-order valence-corrected chi connectivity index (χ3v) is 5.24. The number of sulfonamides is 1. The molecule has 1 aromatic carbocycles. The van der Waals surface area contributed by atoms with Crippen LogP contribution in [0.5, 0.6) is 0 Å². The number of piperidine rings is 1. The van der Waals surface area contributed by atoms with Crippen LogP contribution in [-0.2, 0) is 10.0 Å². The van der Waals surface area contributed by atoms with Crippen LogP contribution in [0.3, 0.4) is 0 Å². The highest BCUT2D eigenvalue weighted by molar-refractivity contribution is 14.1. The van der Waals surface area contributed by atoms with Crippen LogP contribution in [0, 0.1) is 3.57 Å². The van der Waals surface area contributed by atoms with Crippen molar-refractivity contribution in [2.45, 2.75) is 36.7 Å². The van der Waals surface area contributed by atoms with Gasteiger partial charge < -0.3 is 5.32 Å². The molecule has 0 saturated carbocycles. The van der Waals surface area contributed by atoms with E-state index >= 15 is 0 Å². The summed E-state index contributed by atoms with van der Waals surface area (Å²) in [5.41, 5.74) is 0. The van der Waals surface area contributed by atoms with Crippen molar-refractivity contribution in [2.24, 2.45) is 0 Å². The highest BCUT2D eigenvalue weighted by Gasteiger charge is 2.24. The Morgan fingerprint density at radius 1 is 1.44 bits per heavy atom. The Labute approximate surface area is 122 Å². The zero-order valence-corrected chi connectivity index (χ0v) is 13.2. The Morgan fingerprint density at radius 3 is 2.89 bits per heavy atom. The topological polar surface area (TPSA) is 58.2 Å². The summed E-state index contributed by atoms with van der Waals surface area (Å²) in [5.74, 6) is 0. The molecule has 0 aliphatic carbocycles. The molecule has 0 radical (unpaired) electrons. The Balaban J connectivity index is 2.12. The third-order valence-electron chi connectivity index (χ3n) is 3.05. The van der Waals surface area contributed by atoms with Crippen molar-refractivity contribution in [1.29, 1.82) is 0 Å². The lowest BCUT2D eigenvalue weighted by Crippen LogP contribution is -2.46. The molecule has 1 aliphatic rings. The lowest BCUT2D eigenvalue weighted by atomic mass is 10.0. The maximum Gasteiger partial charge on any atom is 0.240 e. The van der Waals surface area contributed by atoms with E-state index in [0.29, 0.717) is 10.9 Å². The van der Waals surface area contributed by atoms with Gasteiger partial charge in [-0.2, -0.15) is 0 Å². The summed E-state index contributed by atoms with van der Waals surface area (Å²) in [7, 11) is -3.39. The molecule has 2 atom stereocenters. The van der Waals surface area contributed by atoms with Gasteiger partial charge in [-0.3, -0.25) is 0 Å². The predicted octanol–water partition coefficient (Wildman–Crippen LogP) is 1.71. The first-order valence-corrected chi connectivity index (χ1v) is 8.55. The fourth-order valence-corrected chi connectivity index (χ4v) is 4.24. The van der Waals surface area contributed by atoms with E-state index in [4.69, 9.17) is 0 Å². The SMILES string of the molecule is CC1CC(NS(=O)(=O)c2cccc(I)c2)CCN1. The van der Waals surface area contributed by atoms with Crippen molar-refractivity contribution in [3.05, 3.63) is 27.8 Å². The average Bonchev–Trinajstić information content (AvgIpc) is 2.28. The van der Waals surface area contributed by atoms with Crippen LogP contribution in [0.15, 0.2) is 29.2 Å². The minimum Gasteiger partial charge on any atom is -0.314 e. The molecule has 0 bridgehead atoms. The smallest absolute Gasteiger partial charge is 0.240 e. The van der Waals surface area contributed by atoms with Crippen LogP contribution in [-0.4, -0.2) is 27.0 Å². The van der Waals surface area contributed by atoms with Gasteiger partial charge in [-0.05, 0) is 67.1 Å². The second-order valence-corrected chi connectivity index (χ2v) is 7.61. The van der Waals surface area contributed by atoms with E-state index in [1.807, 2.05) is 6.07 Å². The number of nitrogens with one attached hydrogen (secondary N) is 2. The second kappa shape index (κ2) is 5.85. The zero-order chi connectivity index (χ0) is 13.2. The van der Waals surface area contributed by atoms with Gasteiger partial charge in [-0.15, -0.1) is 0 Å². The third kappa shape index (κ3) is 3.66. The second-order valence-electron chi connectivity index (χ2n) is 4.66. The van der Waals surface area contributed by atoms with Gasteiger partial charge in [0.05, 0.1) is 4.90 Å². The Bertz CT molecular complexity index is 519. The van der Waals surface area contributed by atoms with Gasteiger partial charge in [-0.25, -0.2) is 13.1 Å². The predicted molar refractivity (Wildman–Crippen MR) is 80.0 cm³/mol. The van der Waals surface area contributed by atoms with E-state index in [2.05, 4.69) is 39.6 Å². The number of hydrogen-bond donors (Lipinski definition) is 2. The highest BCUT2D eigenvalue weighted by Crippen LogP contribution is 2.16. The van der Waals surface area contributed by atoms with Gasteiger partial charge in [0.15, 0.2) is 0 Å². The van der Waals surface area contributed by atoms with Gasteiger partial charge in [0.25, 0.3) is 0 Å². The minimum absolute atomic E-state index is 0.0316. The molecule has 0 spiro atoms. The minimum atomic E-state index is -3.39. The van der Waals surface area contributed by atoms with Crippen molar-refractivity contribution in [2.75, 3.05) is 6.54 Å². The Morgan fingerprint density at radius 2 is 2.22 bits per heavy atom. The van der Waals surface area contributed by atoms with Crippen molar-refractivity contribution in [3.63, 3.8) is 0 Å². The molecule has 6 heteroatoms. The highest BCUT2D eigenvalue weighted by atomic mass is 127. The van der Waals surface area contributed by atoms with E-state index in [1.165, 1.54) is 0 Å². The van der Waals surface area contributed by atoms with Gasteiger partial charge in [0.1, 0.15) is 0 Å². The molecule has 0 amide bonds. The fourth-order valence-electron chi connectivity index (χ4n) is 2.16.